The monoisotopic (exact) mass is 323 g/mol. The van der Waals surface area contributed by atoms with E-state index >= 15 is 0 Å². The Kier molecular flexibility index (Phi) is 5.13. The molecular weight excluding hydrogens is 306 g/mol. The first-order chi connectivity index (χ1) is 9.18. The van der Waals surface area contributed by atoms with Crippen LogP contribution in [0.15, 0.2) is 34.9 Å². The van der Waals surface area contributed by atoms with Crippen molar-refractivity contribution in [3.05, 3.63) is 34.9 Å². The standard InChI is InChI=1S/C14H18BrN3O/c1-10(19)9-16-7-8-18-14-12-3-2-4-13(15)11(12)5-6-17-14/h2-6,10,16,19H,7-9H2,1H3,(H,17,18). The maximum atomic E-state index is 9.14. The fourth-order valence-corrected chi connectivity index (χ4v) is 2.39. The van der Waals surface area contributed by atoms with Gasteiger partial charge in [-0.25, -0.2) is 4.98 Å². The van der Waals surface area contributed by atoms with Crippen molar-refractivity contribution in [1.82, 2.24) is 10.3 Å². The van der Waals surface area contributed by atoms with Gasteiger partial charge in [0.25, 0.3) is 0 Å². The maximum Gasteiger partial charge on any atom is 0.133 e. The molecule has 0 aliphatic heterocycles. The van der Waals surface area contributed by atoms with Gasteiger partial charge in [-0.05, 0) is 19.1 Å². The van der Waals surface area contributed by atoms with E-state index in [1.54, 1.807) is 13.1 Å². The van der Waals surface area contributed by atoms with Crippen LogP contribution < -0.4 is 10.6 Å². The number of aliphatic hydroxyl groups excluding tert-OH is 1. The Bertz CT molecular complexity index is 545. The molecule has 1 aromatic heterocycles. The summed E-state index contributed by atoms with van der Waals surface area (Å²) in [4.78, 5) is 4.37. The molecule has 4 nitrogen and oxygen atoms in total. The van der Waals surface area contributed by atoms with Gasteiger partial charge in [-0.2, -0.15) is 0 Å². The summed E-state index contributed by atoms with van der Waals surface area (Å²) in [7, 11) is 0. The number of fused-ring (bicyclic) bond motifs is 1. The van der Waals surface area contributed by atoms with Crippen LogP contribution >= 0.6 is 15.9 Å². The van der Waals surface area contributed by atoms with Gasteiger partial charge < -0.3 is 15.7 Å². The molecule has 3 N–H and O–H groups in total. The normalized spacial score (nSPS) is 12.6. The Hall–Kier alpha value is -1.17. The van der Waals surface area contributed by atoms with Crippen LogP contribution in [0.25, 0.3) is 10.8 Å². The zero-order chi connectivity index (χ0) is 13.7. The number of nitrogens with one attached hydrogen (secondary N) is 2. The highest BCUT2D eigenvalue weighted by molar-refractivity contribution is 9.10. The lowest BCUT2D eigenvalue weighted by atomic mass is 10.1. The van der Waals surface area contributed by atoms with E-state index in [2.05, 4.69) is 37.6 Å². The molecule has 0 saturated heterocycles. The van der Waals surface area contributed by atoms with E-state index in [0.717, 1.165) is 34.2 Å². The van der Waals surface area contributed by atoms with E-state index in [9.17, 15) is 0 Å². The average molecular weight is 324 g/mol. The molecule has 1 unspecified atom stereocenters. The van der Waals surface area contributed by atoms with Crippen LogP contribution in [0.4, 0.5) is 5.82 Å². The zero-order valence-corrected chi connectivity index (χ0v) is 12.4. The first-order valence-corrected chi connectivity index (χ1v) is 7.13. The van der Waals surface area contributed by atoms with E-state index in [4.69, 9.17) is 5.11 Å². The largest absolute Gasteiger partial charge is 0.392 e. The Labute approximate surface area is 121 Å². The van der Waals surface area contributed by atoms with E-state index < -0.39 is 0 Å². The van der Waals surface area contributed by atoms with Crippen molar-refractivity contribution in [2.45, 2.75) is 13.0 Å². The Morgan fingerprint density at radius 1 is 1.26 bits per heavy atom. The number of hydrogen-bond donors (Lipinski definition) is 3. The van der Waals surface area contributed by atoms with E-state index in [0.29, 0.717) is 6.54 Å². The molecule has 0 bridgehead atoms. The predicted molar refractivity (Wildman–Crippen MR) is 82.5 cm³/mol. The molecule has 2 aromatic rings. The third kappa shape index (κ3) is 3.89. The molecule has 2 rings (SSSR count). The highest BCUT2D eigenvalue weighted by atomic mass is 79.9. The zero-order valence-electron chi connectivity index (χ0n) is 10.9. The summed E-state index contributed by atoms with van der Waals surface area (Å²) in [5.41, 5.74) is 0. The molecule has 0 aliphatic rings. The molecule has 0 amide bonds. The minimum atomic E-state index is -0.313. The lowest BCUT2D eigenvalue weighted by Crippen LogP contribution is -2.29. The highest BCUT2D eigenvalue weighted by Gasteiger charge is 2.03. The molecule has 0 aliphatic carbocycles. The van der Waals surface area contributed by atoms with E-state index in [1.807, 2.05) is 18.2 Å². The Morgan fingerprint density at radius 2 is 2.11 bits per heavy atom. The van der Waals surface area contributed by atoms with Gasteiger partial charge in [0, 0.05) is 41.1 Å². The van der Waals surface area contributed by atoms with Crippen LogP contribution in [0.1, 0.15) is 6.92 Å². The van der Waals surface area contributed by atoms with Crippen molar-refractivity contribution in [2.75, 3.05) is 25.0 Å². The average Bonchev–Trinajstić information content (AvgIpc) is 2.39. The number of benzene rings is 1. The van der Waals surface area contributed by atoms with Gasteiger partial charge >= 0.3 is 0 Å². The molecule has 0 saturated carbocycles. The van der Waals surface area contributed by atoms with Crippen molar-refractivity contribution in [3.8, 4) is 0 Å². The molecule has 1 heterocycles. The second-order valence-electron chi connectivity index (χ2n) is 4.47. The molecule has 5 heteroatoms. The van der Waals surface area contributed by atoms with Crippen LogP contribution in [-0.2, 0) is 0 Å². The van der Waals surface area contributed by atoms with Gasteiger partial charge in [0.15, 0.2) is 0 Å². The number of pyridine rings is 1. The molecule has 0 radical (unpaired) electrons. The first-order valence-electron chi connectivity index (χ1n) is 6.34. The fourth-order valence-electron chi connectivity index (χ4n) is 1.89. The summed E-state index contributed by atoms with van der Waals surface area (Å²) in [6.07, 6.45) is 1.49. The van der Waals surface area contributed by atoms with Crippen molar-refractivity contribution in [1.29, 1.82) is 0 Å². The molecule has 102 valence electrons. The highest BCUT2D eigenvalue weighted by Crippen LogP contribution is 2.27. The van der Waals surface area contributed by atoms with Gasteiger partial charge in [0.1, 0.15) is 5.82 Å². The molecule has 1 atom stereocenters. The summed E-state index contributed by atoms with van der Waals surface area (Å²) in [5.74, 6) is 0.887. The number of nitrogens with zero attached hydrogens (tertiary/aromatic N) is 1. The van der Waals surface area contributed by atoms with Crippen molar-refractivity contribution in [2.24, 2.45) is 0 Å². The lowest BCUT2D eigenvalue weighted by Gasteiger charge is -2.10. The SMILES string of the molecule is CC(O)CNCCNc1nccc2c(Br)cccc12. The molecule has 1 aromatic carbocycles. The number of aliphatic hydroxyl groups is 1. The number of hydrogen-bond acceptors (Lipinski definition) is 4. The Balaban J connectivity index is 1.99. The quantitative estimate of drug-likeness (QED) is 0.714. The first kappa shape index (κ1) is 14.2. The van der Waals surface area contributed by atoms with Crippen LogP contribution in [0.2, 0.25) is 0 Å². The molecule has 19 heavy (non-hydrogen) atoms. The second-order valence-corrected chi connectivity index (χ2v) is 5.33. The van der Waals surface area contributed by atoms with Crippen LogP contribution in [0.3, 0.4) is 0 Å². The van der Waals surface area contributed by atoms with Crippen LogP contribution in [-0.4, -0.2) is 35.8 Å². The lowest BCUT2D eigenvalue weighted by molar-refractivity contribution is 0.192. The van der Waals surface area contributed by atoms with E-state index in [1.165, 1.54) is 0 Å². The van der Waals surface area contributed by atoms with Crippen molar-refractivity contribution in [3.63, 3.8) is 0 Å². The summed E-state index contributed by atoms with van der Waals surface area (Å²) in [6, 6.07) is 8.08. The van der Waals surface area contributed by atoms with Gasteiger partial charge in [0.2, 0.25) is 0 Å². The minimum Gasteiger partial charge on any atom is -0.392 e. The topological polar surface area (TPSA) is 57.2 Å². The number of halogens is 1. The van der Waals surface area contributed by atoms with Crippen LogP contribution in [0.5, 0.6) is 0 Å². The van der Waals surface area contributed by atoms with Gasteiger partial charge in [-0.3, -0.25) is 0 Å². The number of aromatic nitrogens is 1. The van der Waals surface area contributed by atoms with Crippen LogP contribution in [0, 0.1) is 0 Å². The van der Waals surface area contributed by atoms with Crippen molar-refractivity contribution < 1.29 is 5.11 Å². The van der Waals surface area contributed by atoms with Crippen molar-refractivity contribution >= 4 is 32.5 Å². The third-order valence-electron chi connectivity index (χ3n) is 2.79. The molecule has 0 fully saturated rings. The second kappa shape index (κ2) is 6.84. The van der Waals surface area contributed by atoms with Gasteiger partial charge in [-0.15, -0.1) is 0 Å². The minimum absolute atomic E-state index is 0.313. The number of anilines is 1. The van der Waals surface area contributed by atoms with E-state index in [-0.39, 0.29) is 6.10 Å². The molecular formula is C14H18BrN3O. The third-order valence-corrected chi connectivity index (χ3v) is 3.48. The van der Waals surface area contributed by atoms with Gasteiger partial charge in [-0.1, -0.05) is 28.1 Å². The smallest absolute Gasteiger partial charge is 0.133 e. The summed E-state index contributed by atoms with van der Waals surface area (Å²) >= 11 is 3.54. The predicted octanol–water partition coefficient (Wildman–Crippen LogP) is 2.38. The summed E-state index contributed by atoms with van der Waals surface area (Å²) in [5, 5.41) is 17.9. The van der Waals surface area contributed by atoms with Gasteiger partial charge in [0.05, 0.1) is 6.10 Å². The maximum absolute atomic E-state index is 9.14. The molecule has 0 spiro atoms. The Morgan fingerprint density at radius 3 is 2.89 bits per heavy atom. The number of rotatable bonds is 6. The summed E-state index contributed by atoms with van der Waals surface area (Å²) < 4.78 is 1.07. The fraction of sp³-hybridized carbons (Fsp3) is 0.357. The summed E-state index contributed by atoms with van der Waals surface area (Å²) in [6.45, 7) is 3.93.